The predicted octanol–water partition coefficient (Wildman–Crippen LogP) is -0.571. The zero-order valence-electron chi connectivity index (χ0n) is 6.93. The second-order valence-electron chi connectivity index (χ2n) is 2.24. The molecule has 0 aromatic carbocycles. The molecule has 0 saturated heterocycles. The summed E-state index contributed by atoms with van der Waals surface area (Å²) in [6, 6.07) is -0.661. The van der Waals surface area contributed by atoms with Crippen LogP contribution in [0.15, 0.2) is 0 Å². The van der Waals surface area contributed by atoms with Crippen LogP contribution in [-0.4, -0.2) is 34.5 Å². The monoisotopic (exact) mass is 228 g/mol. The minimum Gasteiger partial charge on any atom is -0.481 e. The summed E-state index contributed by atoms with van der Waals surface area (Å²) in [5.41, 5.74) is 10.2. The van der Waals surface area contributed by atoms with Gasteiger partial charge >= 0.3 is 5.97 Å². The number of primary amides is 1. The summed E-state index contributed by atoms with van der Waals surface area (Å²) in [7, 11) is 0. The lowest BCUT2D eigenvalue weighted by Gasteiger charge is -2.04. The molecule has 5 nitrogen and oxygen atoms in total. The fourth-order valence-corrected chi connectivity index (χ4v) is 1.25. The molecular weight excluding hydrogens is 216 g/mol. The second kappa shape index (κ2) is 8.15. The van der Waals surface area contributed by atoms with Crippen LogP contribution in [0.5, 0.6) is 0 Å². The highest BCUT2D eigenvalue weighted by molar-refractivity contribution is 7.99. The Hall–Kier alpha value is -0.460. The summed E-state index contributed by atoms with van der Waals surface area (Å²) in [5, 5.41) is 8.24. The molecule has 1 amide bonds. The number of hydrogen-bond donors (Lipinski definition) is 3. The van der Waals surface area contributed by atoms with Gasteiger partial charge < -0.3 is 16.6 Å². The normalized spacial score (nSPS) is 11.5. The van der Waals surface area contributed by atoms with E-state index in [9.17, 15) is 9.59 Å². The van der Waals surface area contributed by atoms with Crippen LogP contribution in [-0.2, 0) is 9.59 Å². The quantitative estimate of drug-likeness (QED) is 0.528. The number of rotatable bonds is 6. The Balaban J connectivity index is 0. The van der Waals surface area contributed by atoms with Crippen LogP contribution in [0.3, 0.4) is 0 Å². The van der Waals surface area contributed by atoms with E-state index in [0.29, 0.717) is 12.2 Å². The molecule has 78 valence electrons. The second-order valence-corrected chi connectivity index (χ2v) is 3.35. The molecule has 1 atom stereocenters. The standard InChI is InChI=1S/C6H12N2O3S.ClH/c7-4(6(8)11)1-2-12-3-5(9)10;/h4H,1-3,7H2,(H2,8,11)(H,9,10);1H. The van der Waals surface area contributed by atoms with Crippen molar-refractivity contribution in [2.45, 2.75) is 12.5 Å². The number of nitrogens with two attached hydrogens (primary N) is 2. The van der Waals surface area contributed by atoms with Gasteiger partial charge in [-0.05, 0) is 12.2 Å². The molecule has 0 radical (unpaired) electrons. The summed E-state index contributed by atoms with van der Waals surface area (Å²) in [5.74, 6) is -0.847. The SMILES string of the molecule is Cl.NC(=O)C(N)CCSCC(=O)O. The lowest BCUT2D eigenvalue weighted by atomic mass is 10.2. The van der Waals surface area contributed by atoms with Gasteiger partial charge in [0.15, 0.2) is 0 Å². The predicted molar refractivity (Wildman–Crippen MR) is 54.0 cm³/mol. The molecule has 0 aliphatic heterocycles. The maximum atomic E-state index is 10.4. The highest BCUT2D eigenvalue weighted by atomic mass is 35.5. The van der Waals surface area contributed by atoms with Crippen LogP contribution < -0.4 is 11.5 Å². The number of halogens is 1. The number of thioether (sulfide) groups is 1. The van der Waals surface area contributed by atoms with Gasteiger partial charge in [0.2, 0.25) is 5.91 Å². The third-order valence-electron chi connectivity index (χ3n) is 1.16. The first-order chi connectivity index (χ1) is 5.54. The lowest BCUT2D eigenvalue weighted by molar-refractivity contribution is -0.133. The highest BCUT2D eigenvalue weighted by Crippen LogP contribution is 2.03. The van der Waals surface area contributed by atoms with E-state index >= 15 is 0 Å². The van der Waals surface area contributed by atoms with Crippen LogP contribution in [0.4, 0.5) is 0 Å². The third kappa shape index (κ3) is 9.45. The van der Waals surface area contributed by atoms with E-state index in [4.69, 9.17) is 16.6 Å². The highest BCUT2D eigenvalue weighted by Gasteiger charge is 2.08. The van der Waals surface area contributed by atoms with Crippen molar-refractivity contribution in [1.29, 1.82) is 0 Å². The van der Waals surface area contributed by atoms with E-state index in [1.807, 2.05) is 0 Å². The van der Waals surface area contributed by atoms with Crippen molar-refractivity contribution < 1.29 is 14.7 Å². The van der Waals surface area contributed by atoms with Gasteiger partial charge in [-0.15, -0.1) is 12.4 Å². The smallest absolute Gasteiger partial charge is 0.313 e. The Morgan fingerprint density at radius 3 is 2.38 bits per heavy atom. The molecular formula is C6H13ClN2O3S. The first kappa shape index (κ1) is 15.0. The summed E-state index contributed by atoms with van der Waals surface area (Å²) < 4.78 is 0. The Kier molecular flexibility index (Phi) is 9.43. The molecule has 0 bridgehead atoms. The first-order valence-electron chi connectivity index (χ1n) is 3.38. The Labute approximate surface area is 86.6 Å². The molecule has 0 spiro atoms. The molecule has 0 rings (SSSR count). The molecule has 13 heavy (non-hydrogen) atoms. The molecule has 0 aromatic rings. The van der Waals surface area contributed by atoms with Crippen LogP contribution in [0.25, 0.3) is 0 Å². The average Bonchev–Trinajstić information content (AvgIpc) is 1.97. The molecule has 0 fully saturated rings. The molecule has 0 saturated carbocycles. The Bertz CT molecular complexity index is 179. The number of aliphatic carboxylic acids is 1. The zero-order chi connectivity index (χ0) is 9.56. The van der Waals surface area contributed by atoms with E-state index in [-0.39, 0.29) is 18.2 Å². The molecule has 1 unspecified atom stereocenters. The largest absolute Gasteiger partial charge is 0.481 e. The van der Waals surface area contributed by atoms with Gasteiger partial charge in [-0.2, -0.15) is 11.8 Å². The average molecular weight is 229 g/mol. The van der Waals surface area contributed by atoms with Gasteiger partial charge in [-0.25, -0.2) is 0 Å². The minimum atomic E-state index is -0.868. The van der Waals surface area contributed by atoms with E-state index in [0.717, 1.165) is 0 Å². The van der Waals surface area contributed by atoms with E-state index in [2.05, 4.69) is 0 Å². The molecule has 0 aliphatic carbocycles. The van der Waals surface area contributed by atoms with Crippen molar-refractivity contribution in [1.82, 2.24) is 0 Å². The van der Waals surface area contributed by atoms with Crippen molar-refractivity contribution >= 4 is 36.0 Å². The maximum absolute atomic E-state index is 10.4. The maximum Gasteiger partial charge on any atom is 0.313 e. The van der Waals surface area contributed by atoms with Gasteiger partial charge in [0.1, 0.15) is 0 Å². The molecule has 0 aliphatic rings. The Morgan fingerprint density at radius 1 is 1.46 bits per heavy atom. The molecule has 7 heteroatoms. The topological polar surface area (TPSA) is 106 Å². The van der Waals surface area contributed by atoms with Gasteiger partial charge in [0.05, 0.1) is 11.8 Å². The number of carboxylic acid groups (broad SMARTS) is 1. The van der Waals surface area contributed by atoms with E-state index in [1.54, 1.807) is 0 Å². The van der Waals surface area contributed by atoms with Gasteiger partial charge in [0.25, 0.3) is 0 Å². The summed E-state index contributed by atoms with van der Waals surface area (Å²) >= 11 is 1.22. The fraction of sp³-hybridized carbons (Fsp3) is 0.667. The van der Waals surface area contributed by atoms with Gasteiger partial charge in [-0.1, -0.05) is 0 Å². The summed E-state index contributed by atoms with van der Waals surface area (Å²) in [6.45, 7) is 0. The zero-order valence-corrected chi connectivity index (χ0v) is 8.57. The molecule has 5 N–H and O–H groups in total. The number of carbonyl (C=O) groups is 2. The van der Waals surface area contributed by atoms with Crippen LogP contribution in [0.1, 0.15) is 6.42 Å². The fourth-order valence-electron chi connectivity index (χ4n) is 0.512. The van der Waals surface area contributed by atoms with Crippen LogP contribution >= 0.6 is 24.2 Å². The van der Waals surface area contributed by atoms with Crippen molar-refractivity contribution in [3.63, 3.8) is 0 Å². The lowest BCUT2D eigenvalue weighted by Crippen LogP contribution is -2.36. The van der Waals surface area contributed by atoms with E-state index < -0.39 is 17.9 Å². The number of amides is 1. The number of carboxylic acids is 1. The molecule has 0 heterocycles. The number of hydrogen-bond acceptors (Lipinski definition) is 4. The summed E-state index contributed by atoms with van der Waals surface area (Å²) in [4.78, 5) is 20.4. The van der Waals surface area contributed by atoms with Gasteiger partial charge in [-0.3, -0.25) is 9.59 Å². The first-order valence-corrected chi connectivity index (χ1v) is 4.54. The van der Waals surface area contributed by atoms with Gasteiger partial charge in [0, 0.05) is 0 Å². The third-order valence-corrected chi connectivity index (χ3v) is 2.14. The van der Waals surface area contributed by atoms with Crippen molar-refractivity contribution in [3.05, 3.63) is 0 Å². The summed E-state index contributed by atoms with van der Waals surface area (Å²) in [6.07, 6.45) is 0.424. The van der Waals surface area contributed by atoms with E-state index in [1.165, 1.54) is 11.8 Å². The van der Waals surface area contributed by atoms with Crippen LogP contribution in [0.2, 0.25) is 0 Å². The van der Waals surface area contributed by atoms with Crippen molar-refractivity contribution in [2.75, 3.05) is 11.5 Å². The Morgan fingerprint density at radius 2 is 2.00 bits per heavy atom. The minimum absolute atomic E-state index is 0. The number of carbonyl (C=O) groups excluding carboxylic acids is 1. The van der Waals surface area contributed by atoms with Crippen LogP contribution in [0, 0.1) is 0 Å². The van der Waals surface area contributed by atoms with Crippen molar-refractivity contribution in [3.8, 4) is 0 Å². The molecule has 0 aromatic heterocycles. The van der Waals surface area contributed by atoms with Crippen molar-refractivity contribution in [2.24, 2.45) is 11.5 Å².